The third-order valence-corrected chi connectivity index (χ3v) is 5.38. The molecule has 1 aromatic carbocycles. The number of imide groups is 1. The van der Waals surface area contributed by atoms with E-state index in [1.54, 1.807) is 6.07 Å². The Morgan fingerprint density at radius 2 is 1.77 bits per heavy atom. The van der Waals surface area contributed by atoms with Gasteiger partial charge >= 0.3 is 0 Å². The van der Waals surface area contributed by atoms with Crippen molar-refractivity contribution in [2.75, 3.05) is 38.1 Å². The van der Waals surface area contributed by atoms with E-state index in [1.807, 2.05) is 12.1 Å². The van der Waals surface area contributed by atoms with Crippen LogP contribution in [0.3, 0.4) is 0 Å². The number of hydrogen-bond acceptors (Lipinski definition) is 4. The molecule has 2 fully saturated rings. The number of benzene rings is 1. The molecule has 0 spiro atoms. The van der Waals surface area contributed by atoms with E-state index in [4.69, 9.17) is 0 Å². The molecule has 5 nitrogen and oxygen atoms in total. The molecule has 0 bridgehead atoms. The van der Waals surface area contributed by atoms with Crippen LogP contribution in [0.25, 0.3) is 0 Å². The molecule has 1 atom stereocenters. The molecular formula is C15H17Br2N3O2. The first-order valence-corrected chi connectivity index (χ1v) is 8.80. The van der Waals surface area contributed by atoms with Crippen LogP contribution >= 0.6 is 31.9 Å². The number of halogens is 2. The summed E-state index contributed by atoms with van der Waals surface area (Å²) in [5, 5.41) is 0. The summed E-state index contributed by atoms with van der Waals surface area (Å²) in [5.41, 5.74) is 0.620. The molecule has 2 aliphatic heterocycles. The Kier molecular flexibility index (Phi) is 4.68. The number of rotatable bonds is 2. The Balaban J connectivity index is 1.82. The molecule has 2 amide bonds. The van der Waals surface area contributed by atoms with Gasteiger partial charge in [-0.25, -0.2) is 4.90 Å². The van der Waals surface area contributed by atoms with Gasteiger partial charge in [0.15, 0.2) is 0 Å². The number of anilines is 1. The zero-order valence-corrected chi connectivity index (χ0v) is 15.4. The van der Waals surface area contributed by atoms with Crippen molar-refractivity contribution in [2.45, 2.75) is 12.5 Å². The van der Waals surface area contributed by atoms with Gasteiger partial charge in [0.25, 0.3) is 5.91 Å². The lowest BCUT2D eigenvalue weighted by Gasteiger charge is -2.35. The lowest BCUT2D eigenvalue weighted by molar-refractivity contribution is -0.123. The lowest BCUT2D eigenvalue weighted by atomic mass is 10.2. The van der Waals surface area contributed by atoms with Crippen LogP contribution < -0.4 is 4.90 Å². The highest BCUT2D eigenvalue weighted by Crippen LogP contribution is 2.33. The van der Waals surface area contributed by atoms with Crippen molar-refractivity contribution in [3.05, 3.63) is 27.1 Å². The number of carbonyl (C=O) groups excluding carboxylic acids is 2. The first kappa shape index (κ1) is 16.1. The molecule has 118 valence electrons. The summed E-state index contributed by atoms with van der Waals surface area (Å²) >= 11 is 6.82. The second-order valence-electron chi connectivity index (χ2n) is 5.72. The van der Waals surface area contributed by atoms with Gasteiger partial charge in [0.05, 0.1) is 18.2 Å². The number of piperazine rings is 1. The van der Waals surface area contributed by atoms with Gasteiger partial charge in [-0.05, 0) is 41.2 Å². The smallest absolute Gasteiger partial charge is 0.251 e. The van der Waals surface area contributed by atoms with E-state index in [9.17, 15) is 9.59 Å². The van der Waals surface area contributed by atoms with Crippen molar-refractivity contribution in [3.8, 4) is 0 Å². The molecular weight excluding hydrogens is 414 g/mol. The molecule has 7 heteroatoms. The average molecular weight is 431 g/mol. The van der Waals surface area contributed by atoms with E-state index in [0.717, 1.165) is 35.1 Å². The fourth-order valence-corrected chi connectivity index (χ4v) is 4.17. The van der Waals surface area contributed by atoms with Gasteiger partial charge in [0.1, 0.15) is 0 Å². The molecule has 2 heterocycles. The highest BCUT2D eigenvalue weighted by molar-refractivity contribution is 9.11. The number of carbonyl (C=O) groups is 2. The fourth-order valence-electron chi connectivity index (χ4n) is 2.95. The van der Waals surface area contributed by atoms with Gasteiger partial charge in [-0.15, -0.1) is 0 Å². The minimum atomic E-state index is -0.322. The highest BCUT2D eigenvalue weighted by Gasteiger charge is 2.43. The van der Waals surface area contributed by atoms with Crippen molar-refractivity contribution < 1.29 is 9.59 Å². The van der Waals surface area contributed by atoms with Crippen LogP contribution in [0.15, 0.2) is 27.1 Å². The topological polar surface area (TPSA) is 43.9 Å². The van der Waals surface area contributed by atoms with E-state index in [2.05, 4.69) is 48.7 Å². The maximum Gasteiger partial charge on any atom is 0.251 e. The standard InChI is InChI=1S/C15H17Br2N3O2/c1-18-4-6-19(7-5-18)13-9-14(21)20(15(13)22)12-3-2-10(16)8-11(12)17/h2-3,8,13H,4-7,9H2,1H3. The van der Waals surface area contributed by atoms with Crippen LogP contribution in [0.5, 0.6) is 0 Å². The van der Waals surface area contributed by atoms with Gasteiger partial charge in [0, 0.05) is 35.1 Å². The van der Waals surface area contributed by atoms with E-state index < -0.39 is 0 Å². The predicted octanol–water partition coefficient (Wildman–Crippen LogP) is 2.09. The Morgan fingerprint density at radius 3 is 2.41 bits per heavy atom. The number of nitrogens with zero attached hydrogens (tertiary/aromatic N) is 3. The lowest BCUT2D eigenvalue weighted by Crippen LogP contribution is -2.51. The Hall–Kier alpha value is -0.760. The molecule has 22 heavy (non-hydrogen) atoms. The molecule has 0 saturated carbocycles. The Bertz CT molecular complexity index is 615. The molecule has 1 unspecified atom stereocenters. The van der Waals surface area contributed by atoms with Crippen LogP contribution in [-0.4, -0.2) is 60.9 Å². The first-order chi connectivity index (χ1) is 10.5. The second kappa shape index (κ2) is 6.39. The number of amides is 2. The maximum atomic E-state index is 12.8. The minimum Gasteiger partial charge on any atom is -0.304 e. The zero-order valence-electron chi connectivity index (χ0n) is 12.3. The molecule has 2 saturated heterocycles. The summed E-state index contributed by atoms with van der Waals surface area (Å²) in [6, 6.07) is 5.15. The zero-order chi connectivity index (χ0) is 15.9. The van der Waals surface area contributed by atoms with Crippen molar-refractivity contribution in [1.82, 2.24) is 9.80 Å². The molecule has 2 aliphatic rings. The average Bonchev–Trinajstić information content (AvgIpc) is 2.76. The molecule has 1 aromatic rings. The monoisotopic (exact) mass is 429 g/mol. The molecule has 0 aromatic heterocycles. The third-order valence-electron chi connectivity index (χ3n) is 4.25. The van der Waals surface area contributed by atoms with Crippen LogP contribution in [-0.2, 0) is 9.59 Å². The fraction of sp³-hybridized carbons (Fsp3) is 0.467. The van der Waals surface area contributed by atoms with E-state index >= 15 is 0 Å². The Labute approximate surface area is 146 Å². The first-order valence-electron chi connectivity index (χ1n) is 7.22. The predicted molar refractivity (Wildman–Crippen MR) is 91.8 cm³/mol. The summed E-state index contributed by atoms with van der Waals surface area (Å²) in [6.45, 7) is 3.52. The molecule has 0 aliphatic carbocycles. The van der Waals surface area contributed by atoms with Crippen LogP contribution in [0, 0.1) is 0 Å². The SMILES string of the molecule is CN1CCN(C2CC(=O)N(c3ccc(Br)cc3Br)C2=O)CC1. The third kappa shape index (κ3) is 2.99. The van der Waals surface area contributed by atoms with Crippen molar-refractivity contribution >= 4 is 49.4 Å². The maximum absolute atomic E-state index is 12.8. The number of hydrogen-bond donors (Lipinski definition) is 0. The van der Waals surface area contributed by atoms with Crippen molar-refractivity contribution in [1.29, 1.82) is 0 Å². The van der Waals surface area contributed by atoms with Gasteiger partial charge in [-0.3, -0.25) is 14.5 Å². The van der Waals surface area contributed by atoms with Gasteiger partial charge in [0.2, 0.25) is 5.91 Å². The molecule has 0 radical (unpaired) electrons. The second-order valence-corrected chi connectivity index (χ2v) is 7.49. The van der Waals surface area contributed by atoms with Gasteiger partial charge in [-0.2, -0.15) is 0 Å². The van der Waals surface area contributed by atoms with E-state index in [1.165, 1.54) is 4.90 Å². The summed E-state index contributed by atoms with van der Waals surface area (Å²) in [7, 11) is 2.07. The summed E-state index contributed by atoms with van der Waals surface area (Å²) < 4.78 is 1.64. The number of likely N-dealkylation sites (N-methyl/N-ethyl adjacent to an activating group) is 1. The van der Waals surface area contributed by atoms with Gasteiger partial charge < -0.3 is 4.90 Å². The summed E-state index contributed by atoms with van der Waals surface area (Å²) in [6.07, 6.45) is 0.269. The van der Waals surface area contributed by atoms with Crippen molar-refractivity contribution in [2.24, 2.45) is 0 Å². The molecule has 0 N–H and O–H groups in total. The molecule has 3 rings (SSSR count). The summed E-state index contributed by atoms with van der Waals surface area (Å²) in [4.78, 5) is 30.8. The quantitative estimate of drug-likeness (QED) is 0.674. The van der Waals surface area contributed by atoms with Gasteiger partial charge in [-0.1, -0.05) is 15.9 Å². The van der Waals surface area contributed by atoms with Crippen LogP contribution in [0.1, 0.15) is 6.42 Å². The van der Waals surface area contributed by atoms with Crippen molar-refractivity contribution in [3.63, 3.8) is 0 Å². The highest BCUT2D eigenvalue weighted by atomic mass is 79.9. The van der Waals surface area contributed by atoms with E-state index in [0.29, 0.717) is 5.69 Å². The minimum absolute atomic E-state index is 0.113. The van der Waals surface area contributed by atoms with Crippen LogP contribution in [0.2, 0.25) is 0 Å². The summed E-state index contributed by atoms with van der Waals surface area (Å²) in [5.74, 6) is -0.241. The van der Waals surface area contributed by atoms with E-state index in [-0.39, 0.29) is 24.3 Å². The Morgan fingerprint density at radius 1 is 1.09 bits per heavy atom. The van der Waals surface area contributed by atoms with Crippen LogP contribution in [0.4, 0.5) is 5.69 Å². The largest absolute Gasteiger partial charge is 0.304 e. The normalized spacial score (nSPS) is 24.3.